The molecule has 2 saturated heterocycles. The quantitative estimate of drug-likeness (QED) is 0.746. The van der Waals surface area contributed by atoms with E-state index in [9.17, 15) is 26.4 Å². The highest BCUT2D eigenvalue weighted by atomic mass is 32.2. The van der Waals surface area contributed by atoms with Gasteiger partial charge < -0.3 is 10.2 Å². The molecule has 0 radical (unpaired) electrons. The van der Waals surface area contributed by atoms with Gasteiger partial charge in [-0.2, -0.15) is 17.5 Å². The van der Waals surface area contributed by atoms with E-state index in [-0.39, 0.29) is 24.5 Å². The maximum Gasteiger partial charge on any atom is 0.401 e. The lowest BCUT2D eigenvalue weighted by atomic mass is 10.2. The lowest BCUT2D eigenvalue weighted by Crippen LogP contribution is -2.40. The molecular weight excluding hydrogens is 433 g/mol. The highest BCUT2D eigenvalue weighted by Gasteiger charge is 2.32. The predicted molar refractivity (Wildman–Crippen MR) is 111 cm³/mol. The van der Waals surface area contributed by atoms with Crippen LogP contribution in [-0.4, -0.2) is 80.5 Å². The minimum absolute atomic E-state index is 0.134. The van der Waals surface area contributed by atoms with E-state index >= 15 is 0 Å². The van der Waals surface area contributed by atoms with Crippen molar-refractivity contribution in [3.8, 4) is 0 Å². The van der Waals surface area contributed by atoms with Gasteiger partial charge in [-0.05, 0) is 43.9 Å². The molecule has 2 aliphatic heterocycles. The van der Waals surface area contributed by atoms with Crippen LogP contribution in [0.2, 0.25) is 0 Å². The average Bonchev–Trinajstić information content (AvgIpc) is 2.94. The Morgan fingerprint density at radius 3 is 2.39 bits per heavy atom. The van der Waals surface area contributed by atoms with Gasteiger partial charge in [0, 0.05) is 45.0 Å². The molecule has 0 atom stereocenters. The van der Waals surface area contributed by atoms with Crippen molar-refractivity contribution >= 4 is 21.7 Å². The molecule has 0 spiro atoms. The Morgan fingerprint density at radius 1 is 1.00 bits per heavy atom. The number of rotatable bonds is 4. The SMILES string of the molecule is Cc1ccc(NC(=O)N2CCCN(CC(F)(F)F)CC2)cc1S(=O)(=O)N1CCCCC1. The number of hydrogen-bond donors (Lipinski definition) is 1. The zero-order valence-electron chi connectivity index (χ0n) is 17.6. The summed E-state index contributed by atoms with van der Waals surface area (Å²) in [7, 11) is -3.65. The maximum atomic E-state index is 13.0. The molecule has 1 aromatic rings. The van der Waals surface area contributed by atoms with Crippen LogP contribution >= 0.6 is 0 Å². The topological polar surface area (TPSA) is 73.0 Å². The second-order valence-corrected chi connectivity index (χ2v) is 10.0. The molecule has 0 bridgehead atoms. The van der Waals surface area contributed by atoms with Crippen molar-refractivity contribution in [3.63, 3.8) is 0 Å². The Hall–Kier alpha value is -1.85. The number of piperidine rings is 1. The van der Waals surface area contributed by atoms with Crippen molar-refractivity contribution in [3.05, 3.63) is 23.8 Å². The first-order chi connectivity index (χ1) is 14.6. The summed E-state index contributed by atoms with van der Waals surface area (Å²) in [4.78, 5) is 15.6. The molecule has 2 amide bonds. The van der Waals surface area contributed by atoms with Crippen molar-refractivity contribution in [2.45, 2.75) is 43.7 Å². The third-order valence-corrected chi connectivity index (χ3v) is 7.69. The summed E-state index contributed by atoms with van der Waals surface area (Å²) in [5.74, 6) is 0. The van der Waals surface area contributed by atoms with Gasteiger partial charge in [0.25, 0.3) is 0 Å². The summed E-state index contributed by atoms with van der Waals surface area (Å²) >= 11 is 0. The fourth-order valence-corrected chi connectivity index (χ4v) is 5.76. The number of benzene rings is 1. The van der Waals surface area contributed by atoms with Crippen LogP contribution in [0, 0.1) is 6.92 Å². The first kappa shape index (κ1) is 23.8. The molecule has 1 aromatic carbocycles. The Balaban J connectivity index is 1.67. The Kier molecular flexibility index (Phi) is 7.48. The number of urea groups is 1. The van der Waals surface area contributed by atoms with Gasteiger partial charge in [-0.15, -0.1) is 0 Å². The van der Waals surface area contributed by atoms with Crippen molar-refractivity contribution in [1.29, 1.82) is 0 Å². The van der Waals surface area contributed by atoms with Crippen LogP contribution in [0.1, 0.15) is 31.2 Å². The van der Waals surface area contributed by atoms with Gasteiger partial charge >= 0.3 is 12.2 Å². The summed E-state index contributed by atoms with van der Waals surface area (Å²) in [5.41, 5.74) is 0.948. The number of aryl methyl sites for hydroxylation is 1. The minimum atomic E-state index is -4.27. The van der Waals surface area contributed by atoms with Crippen LogP contribution in [0.25, 0.3) is 0 Å². The average molecular weight is 463 g/mol. The van der Waals surface area contributed by atoms with E-state index in [1.807, 2.05) is 0 Å². The Morgan fingerprint density at radius 2 is 1.71 bits per heavy atom. The van der Waals surface area contributed by atoms with Crippen molar-refractivity contribution in [2.24, 2.45) is 0 Å². The molecule has 31 heavy (non-hydrogen) atoms. The maximum absolute atomic E-state index is 13.0. The molecule has 7 nitrogen and oxygen atoms in total. The summed E-state index contributed by atoms with van der Waals surface area (Å²) in [6, 6.07) is 4.31. The number of carbonyl (C=O) groups excluding carboxylic acids is 1. The Labute approximate surface area is 181 Å². The highest BCUT2D eigenvalue weighted by molar-refractivity contribution is 7.89. The van der Waals surface area contributed by atoms with E-state index in [4.69, 9.17) is 0 Å². The zero-order chi connectivity index (χ0) is 22.6. The standard InChI is InChI=1S/C20H29F3N4O3S/c1-16-6-7-17(14-18(16)31(29,30)27-10-3-2-4-11-27)24-19(28)26-9-5-8-25(12-13-26)15-20(21,22)23/h6-7,14H,2-5,8-13,15H2,1H3,(H,24,28). The van der Waals surface area contributed by atoms with Gasteiger partial charge in [0.15, 0.2) is 0 Å². The molecule has 11 heteroatoms. The first-order valence-corrected chi connectivity index (χ1v) is 12.0. The number of alkyl halides is 3. The van der Waals surface area contributed by atoms with E-state index < -0.39 is 28.8 Å². The molecule has 0 aromatic heterocycles. The number of carbonyl (C=O) groups is 1. The fourth-order valence-electron chi connectivity index (χ4n) is 3.99. The second-order valence-electron chi connectivity index (χ2n) is 8.11. The first-order valence-electron chi connectivity index (χ1n) is 10.5. The van der Waals surface area contributed by atoms with E-state index in [1.54, 1.807) is 19.1 Å². The summed E-state index contributed by atoms with van der Waals surface area (Å²) in [5, 5.41) is 2.71. The van der Waals surface area contributed by atoms with E-state index in [0.717, 1.165) is 19.3 Å². The zero-order valence-corrected chi connectivity index (χ0v) is 18.4. The number of amides is 2. The lowest BCUT2D eigenvalue weighted by Gasteiger charge is -2.27. The number of halogens is 3. The van der Waals surface area contributed by atoms with Crippen LogP contribution in [0.4, 0.5) is 23.7 Å². The molecule has 0 unspecified atom stereocenters. The van der Waals surface area contributed by atoms with Gasteiger partial charge in [-0.1, -0.05) is 12.5 Å². The van der Waals surface area contributed by atoms with Crippen LogP contribution in [0.15, 0.2) is 23.1 Å². The summed E-state index contributed by atoms with van der Waals surface area (Å²) in [6.45, 7) is 2.62. The summed E-state index contributed by atoms with van der Waals surface area (Å²) < 4.78 is 65.5. The number of anilines is 1. The van der Waals surface area contributed by atoms with Crippen molar-refractivity contribution < 1.29 is 26.4 Å². The van der Waals surface area contributed by atoms with Crippen LogP contribution in [-0.2, 0) is 10.0 Å². The molecule has 2 heterocycles. The molecular formula is C20H29F3N4O3S. The molecule has 3 rings (SSSR count). The molecule has 1 N–H and O–H groups in total. The van der Waals surface area contributed by atoms with Crippen LogP contribution < -0.4 is 5.32 Å². The molecule has 2 fully saturated rings. The normalized spacial score (nSPS) is 19.8. The second kappa shape index (κ2) is 9.74. The van der Waals surface area contributed by atoms with Gasteiger partial charge in [-0.25, -0.2) is 13.2 Å². The largest absolute Gasteiger partial charge is 0.401 e. The third-order valence-electron chi connectivity index (χ3n) is 5.65. The fraction of sp³-hybridized carbons (Fsp3) is 0.650. The smallest absolute Gasteiger partial charge is 0.323 e. The number of hydrogen-bond acceptors (Lipinski definition) is 4. The van der Waals surface area contributed by atoms with E-state index in [0.29, 0.717) is 37.3 Å². The number of sulfonamides is 1. The van der Waals surface area contributed by atoms with Gasteiger partial charge in [0.2, 0.25) is 10.0 Å². The number of nitrogens with zero attached hydrogens (tertiary/aromatic N) is 3. The number of nitrogens with one attached hydrogen (secondary N) is 1. The van der Waals surface area contributed by atoms with Crippen molar-refractivity contribution in [1.82, 2.24) is 14.1 Å². The van der Waals surface area contributed by atoms with E-state index in [2.05, 4.69) is 5.32 Å². The molecule has 0 saturated carbocycles. The Bertz CT molecular complexity index is 886. The minimum Gasteiger partial charge on any atom is -0.323 e. The van der Waals surface area contributed by atoms with E-state index in [1.165, 1.54) is 20.2 Å². The molecule has 0 aliphatic carbocycles. The van der Waals surface area contributed by atoms with Gasteiger partial charge in [0.05, 0.1) is 11.4 Å². The third kappa shape index (κ3) is 6.33. The van der Waals surface area contributed by atoms with Crippen molar-refractivity contribution in [2.75, 3.05) is 51.1 Å². The van der Waals surface area contributed by atoms with Crippen LogP contribution in [0.5, 0.6) is 0 Å². The monoisotopic (exact) mass is 462 g/mol. The predicted octanol–water partition coefficient (Wildman–Crippen LogP) is 3.27. The lowest BCUT2D eigenvalue weighted by molar-refractivity contribution is -0.145. The van der Waals surface area contributed by atoms with Gasteiger partial charge in [0.1, 0.15) is 0 Å². The summed E-state index contributed by atoms with van der Waals surface area (Å²) in [6.07, 6.45) is -1.16. The molecule has 2 aliphatic rings. The van der Waals surface area contributed by atoms with Crippen LogP contribution in [0.3, 0.4) is 0 Å². The highest BCUT2D eigenvalue weighted by Crippen LogP contribution is 2.26. The van der Waals surface area contributed by atoms with Gasteiger partial charge in [-0.3, -0.25) is 4.90 Å². The molecule has 174 valence electrons.